The number of halogens is 1. The van der Waals surface area contributed by atoms with Gasteiger partial charge in [0.1, 0.15) is 12.4 Å². The van der Waals surface area contributed by atoms with Crippen molar-refractivity contribution in [2.75, 3.05) is 6.54 Å². The largest absolute Gasteiger partial charge is 0.481 e. The number of carbonyl (C=O) groups is 2. The molecule has 0 radical (unpaired) electrons. The van der Waals surface area contributed by atoms with Gasteiger partial charge in [0.05, 0.1) is 5.92 Å². The van der Waals surface area contributed by atoms with Gasteiger partial charge in [-0.1, -0.05) is 49.4 Å². The number of carboxylic acids is 1. The second-order valence-electron chi connectivity index (χ2n) is 5.96. The minimum absolute atomic E-state index is 0.0992. The summed E-state index contributed by atoms with van der Waals surface area (Å²) < 4.78 is 18.6. The molecular formula is C20H22FNO4. The molecule has 2 rings (SSSR count). The molecule has 0 aliphatic rings. The summed E-state index contributed by atoms with van der Waals surface area (Å²) in [7, 11) is 0. The molecular weight excluding hydrogens is 337 g/mol. The van der Waals surface area contributed by atoms with Crippen molar-refractivity contribution in [1.82, 2.24) is 5.32 Å². The van der Waals surface area contributed by atoms with Crippen LogP contribution in [0.5, 0.6) is 0 Å². The van der Waals surface area contributed by atoms with Gasteiger partial charge in [0, 0.05) is 6.54 Å². The van der Waals surface area contributed by atoms with Crippen molar-refractivity contribution in [2.24, 2.45) is 5.92 Å². The van der Waals surface area contributed by atoms with Gasteiger partial charge < -0.3 is 15.2 Å². The maximum absolute atomic E-state index is 13.5. The number of carbonyl (C=O) groups excluding carboxylic acids is 1. The van der Waals surface area contributed by atoms with Gasteiger partial charge in [-0.15, -0.1) is 0 Å². The fraction of sp³-hybridized carbons (Fsp3) is 0.300. The maximum atomic E-state index is 13.5. The molecule has 0 aliphatic carbocycles. The SMILES string of the molecule is CCC(c1cccc(F)c1)C(CNC(=O)OCc1ccccc1)C(=O)O. The third-order valence-corrected chi connectivity index (χ3v) is 4.20. The number of nitrogens with one attached hydrogen (secondary N) is 1. The summed E-state index contributed by atoms with van der Waals surface area (Å²) in [6.45, 7) is 1.84. The first-order valence-corrected chi connectivity index (χ1v) is 8.44. The number of hydrogen-bond donors (Lipinski definition) is 2. The van der Waals surface area contributed by atoms with Gasteiger partial charge in [-0.2, -0.15) is 0 Å². The summed E-state index contributed by atoms with van der Waals surface area (Å²) in [5.41, 5.74) is 1.43. The van der Waals surface area contributed by atoms with Crippen molar-refractivity contribution in [3.8, 4) is 0 Å². The maximum Gasteiger partial charge on any atom is 0.407 e. The second-order valence-corrected chi connectivity index (χ2v) is 5.96. The molecule has 0 spiro atoms. The number of aliphatic carboxylic acids is 1. The van der Waals surface area contributed by atoms with Crippen molar-refractivity contribution < 1.29 is 23.8 Å². The number of carboxylic acid groups (broad SMARTS) is 1. The molecule has 0 aliphatic heterocycles. The molecule has 2 aromatic rings. The van der Waals surface area contributed by atoms with E-state index in [1.165, 1.54) is 12.1 Å². The molecule has 2 N–H and O–H groups in total. The van der Waals surface area contributed by atoms with Crippen LogP contribution in [0, 0.1) is 11.7 Å². The predicted molar refractivity (Wildman–Crippen MR) is 95.2 cm³/mol. The van der Waals surface area contributed by atoms with E-state index in [1.807, 2.05) is 37.3 Å². The minimum Gasteiger partial charge on any atom is -0.481 e. The Morgan fingerprint density at radius 3 is 2.50 bits per heavy atom. The molecule has 0 fully saturated rings. The number of rotatable bonds is 8. The highest BCUT2D eigenvalue weighted by Crippen LogP contribution is 2.28. The Morgan fingerprint density at radius 2 is 1.88 bits per heavy atom. The highest BCUT2D eigenvalue weighted by Gasteiger charge is 2.29. The van der Waals surface area contributed by atoms with Gasteiger partial charge in [-0.05, 0) is 35.6 Å². The normalized spacial score (nSPS) is 12.8. The van der Waals surface area contributed by atoms with Crippen LogP contribution in [0.3, 0.4) is 0 Å². The Balaban J connectivity index is 1.96. The average Bonchev–Trinajstić information content (AvgIpc) is 2.64. The number of amides is 1. The lowest BCUT2D eigenvalue weighted by Gasteiger charge is -2.23. The van der Waals surface area contributed by atoms with Gasteiger partial charge in [0.25, 0.3) is 0 Å². The van der Waals surface area contributed by atoms with Crippen LogP contribution < -0.4 is 5.32 Å². The lowest BCUT2D eigenvalue weighted by molar-refractivity contribution is -0.142. The standard InChI is InChI=1S/C20H22FNO4/c1-2-17(15-9-6-10-16(21)11-15)18(19(23)24)12-22-20(25)26-13-14-7-4-3-5-8-14/h3-11,17-18H,2,12-13H2,1H3,(H,22,25)(H,23,24). The predicted octanol–water partition coefficient (Wildman–Crippen LogP) is 3.95. The van der Waals surface area contributed by atoms with Gasteiger partial charge in [0.2, 0.25) is 0 Å². The molecule has 2 unspecified atom stereocenters. The second kappa shape index (κ2) is 9.56. The van der Waals surface area contributed by atoms with Gasteiger partial charge >= 0.3 is 12.1 Å². The van der Waals surface area contributed by atoms with Crippen molar-refractivity contribution in [3.05, 3.63) is 71.5 Å². The lowest BCUT2D eigenvalue weighted by Crippen LogP contribution is -2.36. The number of hydrogen-bond acceptors (Lipinski definition) is 3. The van der Waals surface area contributed by atoms with Crippen LogP contribution in [0.1, 0.15) is 30.4 Å². The van der Waals surface area contributed by atoms with E-state index < -0.39 is 29.7 Å². The zero-order valence-electron chi connectivity index (χ0n) is 14.5. The Bertz CT molecular complexity index is 736. The number of ether oxygens (including phenoxy) is 1. The van der Waals surface area contributed by atoms with E-state index in [2.05, 4.69) is 5.32 Å². The smallest absolute Gasteiger partial charge is 0.407 e. The van der Waals surface area contributed by atoms with Crippen LogP contribution in [-0.2, 0) is 16.1 Å². The fourth-order valence-electron chi connectivity index (χ4n) is 2.86. The minimum atomic E-state index is -1.05. The van der Waals surface area contributed by atoms with E-state index in [1.54, 1.807) is 12.1 Å². The van der Waals surface area contributed by atoms with Crippen LogP contribution >= 0.6 is 0 Å². The first kappa shape index (κ1) is 19.4. The summed E-state index contributed by atoms with van der Waals surface area (Å²) in [5.74, 6) is -2.77. The van der Waals surface area contributed by atoms with Crippen LogP contribution in [0.15, 0.2) is 54.6 Å². The van der Waals surface area contributed by atoms with Crippen LogP contribution in [0.2, 0.25) is 0 Å². The lowest BCUT2D eigenvalue weighted by atomic mass is 9.84. The summed E-state index contributed by atoms with van der Waals surface area (Å²) in [6.07, 6.45) is -0.185. The molecule has 0 saturated carbocycles. The molecule has 6 heteroatoms. The fourth-order valence-corrected chi connectivity index (χ4v) is 2.86. The quantitative estimate of drug-likeness (QED) is 0.748. The van der Waals surface area contributed by atoms with E-state index in [9.17, 15) is 19.1 Å². The Morgan fingerprint density at radius 1 is 1.15 bits per heavy atom. The molecule has 26 heavy (non-hydrogen) atoms. The zero-order valence-corrected chi connectivity index (χ0v) is 14.5. The molecule has 2 atom stereocenters. The molecule has 5 nitrogen and oxygen atoms in total. The van der Waals surface area contributed by atoms with Crippen molar-refractivity contribution >= 4 is 12.1 Å². The summed E-state index contributed by atoms with van der Waals surface area (Å²) in [4.78, 5) is 23.5. The summed E-state index contributed by atoms with van der Waals surface area (Å²) >= 11 is 0. The van der Waals surface area contributed by atoms with Crippen molar-refractivity contribution in [3.63, 3.8) is 0 Å². The van der Waals surface area contributed by atoms with E-state index in [0.717, 1.165) is 5.56 Å². The first-order chi connectivity index (χ1) is 12.5. The Hall–Kier alpha value is -2.89. The molecule has 1 amide bonds. The Kier molecular flexibility index (Phi) is 7.14. The Labute approximate surface area is 151 Å². The topological polar surface area (TPSA) is 75.6 Å². The molecule has 0 saturated heterocycles. The van der Waals surface area contributed by atoms with E-state index in [4.69, 9.17) is 4.74 Å². The third kappa shape index (κ3) is 5.58. The van der Waals surface area contributed by atoms with Crippen LogP contribution in [-0.4, -0.2) is 23.7 Å². The average molecular weight is 359 g/mol. The zero-order chi connectivity index (χ0) is 18.9. The summed E-state index contributed by atoms with van der Waals surface area (Å²) in [6, 6.07) is 15.1. The number of benzene rings is 2. The van der Waals surface area contributed by atoms with Gasteiger partial charge in [0.15, 0.2) is 0 Å². The summed E-state index contributed by atoms with van der Waals surface area (Å²) in [5, 5.41) is 12.0. The van der Waals surface area contributed by atoms with Crippen LogP contribution in [0.4, 0.5) is 9.18 Å². The van der Waals surface area contributed by atoms with Crippen molar-refractivity contribution in [1.29, 1.82) is 0 Å². The molecule has 0 heterocycles. The van der Waals surface area contributed by atoms with Crippen molar-refractivity contribution in [2.45, 2.75) is 25.9 Å². The highest BCUT2D eigenvalue weighted by molar-refractivity contribution is 5.73. The van der Waals surface area contributed by atoms with E-state index in [-0.39, 0.29) is 13.2 Å². The number of alkyl carbamates (subject to hydrolysis) is 1. The van der Waals surface area contributed by atoms with Crippen LogP contribution in [0.25, 0.3) is 0 Å². The molecule has 138 valence electrons. The molecule has 0 bridgehead atoms. The third-order valence-electron chi connectivity index (χ3n) is 4.20. The first-order valence-electron chi connectivity index (χ1n) is 8.44. The van der Waals surface area contributed by atoms with E-state index >= 15 is 0 Å². The molecule has 2 aromatic carbocycles. The van der Waals surface area contributed by atoms with Gasteiger partial charge in [-0.25, -0.2) is 9.18 Å². The monoisotopic (exact) mass is 359 g/mol. The highest BCUT2D eigenvalue weighted by atomic mass is 19.1. The van der Waals surface area contributed by atoms with E-state index in [0.29, 0.717) is 12.0 Å². The molecule has 0 aromatic heterocycles. The van der Waals surface area contributed by atoms with Gasteiger partial charge in [-0.3, -0.25) is 4.79 Å².